The van der Waals surface area contributed by atoms with Crippen molar-refractivity contribution in [3.63, 3.8) is 0 Å². The van der Waals surface area contributed by atoms with Crippen LogP contribution >= 0.6 is 38.6 Å². The van der Waals surface area contributed by atoms with E-state index in [1.54, 1.807) is 11.3 Å². The number of aryl methyl sites for hydroxylation is 2. The molecule has 1 unspecified atom stereocenters. The second-order valence-corrected chi connectivity index (χ2v) is 7.66. The summed E-state index contributed by atoms with van der Waals surface area (Å²) in [6.45, 7) is 7.51. The van der Waals surface area contributed by atoms with Gasteiger partial charge >= 0.3 is 0 Å². The number of thiophene rings is 2. The Labute approximate surface area is 119 Å². The molecule has 2 aromatic rings. The molecule has 0 aliphatic heterocycles. The first kappa shape index (κ1) is 13.3. The van der Waals surface area contributed by atoms with Gasteiger partial charge in [-0.3, -0.25) is 0 Å². The molecule has 0 saturated heterocycles. The summed E-state index contributed by atoms with van der Waals surface area (Å²) < 4.78 is 1.20. The molecule has 1 nitrogen and oxygen atoms in total. The van der Waals surface area contributed by atoms with E-state index in [1.807, 2.05) is 11.3 Å². The van der Waals surface area contributed by atoms with Crippen LogP contribution in [0.2, 0.25) is 0 Å². The van der Waals surface area contributed by atoms with Gasteiger partial charge < -0.3 is 5.32 Å². The van der Waals surface area contributed by atoms with Gasteiger partial charge in [-0.25, -0.2) is 0 Å². The van der Waals surface area contributed by atoms with Crippen LogP contribution in [0.25, 0.3) is 0 Å². The Morgan fingerprint density at radius 1 is 1.35 bits per heavy atom. The molecule has 4 heteroatoms. The molecule has 0 aliphatic carbocycles. The van der Waals surface area contributed by atoms with Gasteiger partial charge in [-0.2, -0.15) is 0 Å². The molecule has 2 aromatic heterocycles. The van der Waals surface area contributed by atoms with Gasteiger partial charge in [0.25, 0.3) is 0 Å². The van der Waals surface area contributed by atoms with Gasteiger partial charge in [0, 0.05) is 9.75 Å². The molecule has 1 atom stereocenters. The average molecular weight is 330 g/mol. The third kappa shape index (κ3) is 2.99. The van der Waals surface area contributed by atoms with Crippen molar-refractivity contribution in [3.05, 3.63) is 42.2 Å². The van der Waals surface area contributed by atoms with Crippen molar-refractivity contribution in [1.29, 1.82) is 0 Å². The van der Waals surface area contributed by atoms with E-state index in [2.05, 4.69) is 59.5 Å². The van der Waals surface area contributed by atoms with E-state index in [-0.39, 0.29) is 0 Å². The van der Waals surface area contributed by atoms with Crippen molar-refractivity contribution in [2.75, 3.05) is 6.54 Å². The lowest BCUT2D eigenvalue weighted by Gasteiger charge is -2.16. The van der Waals surface area contributed by atoms with E-state index in [0.717, 1.165) is 6.54 Å². The summed E-state index contributed by atoms with van der Waals surface area (Å²) in [5, 5.41) is 5.81. The van der Waals surface area contributed by atoms with E-state index in [1.165, 1.54) is 24.7 Å². The van der Waals surface area contributed by atoms with E-state index >= 15 is 0 Å². The Morgan fingerprint density at radius 2 is 2.12 bits per heavy atom. The van der Waals surface area contributed by atoms with Crippen molar-refractivity contribution in [2.45, 2.75) is 26.8 Å². The molecular weight excluding hydrogens is 314 g/mol. The van der Waals surface area contributed by atoms with Crippen LogP contribution in [-0.2, 0) is 0 Å². The molecule has 0 amide bonds. The first-order valence-electron chi connectivity index (χ1n) is 5.66. The minimum Gasteiger partial charge on any atom is -0.306 e. The molecule has 0 fully saturated rings. The number of nitrogens with one attached hydrogen (secondary N) is 1. The topological polar surface area (TPSA) is 12.0 Å². The fourth-order valence-electron chi connectivity index (χ4n) is 1.99. The van der Waals surface area contributed by atoms with E-state index in [9.17, 15) is 0 Å². The molecule has 0 aliphatic rings. The third-order valence-electron chi connectivity index (χ3n) is 2.67. The van der Waals surface area contributed by atoms with E-state index in [0.29, 0.717) is 6.04 Å². The SMILES string of the molecule is CCNC(c1csc(Br)c1)c1sc(C)cc1C. The molecule has 0 bridgehead atoms. The summed E-state index contributed by atoms with van der Waals surface area (Å²) in [7, 11) is 0. The summed E-state index contributed by atoms with van der Waals surface area (Å²) in [6.07, 6.45) is 0. The van der Waals surface area contributed by atoms with Gasteiger partial charge in [0.05, 0.1) is 9.83 Å². The van der Waals surface area contributed by atoms with Gasteiger partial charge in [0.1, 0.15) is 0 Å². The lowest BCUT2D eigenvalue weighted by Crippen LogP contribution is -2.21. The Hall–Kier alpha value is -0.160. The lowest BCUT2D eigenvalue weighted by atomic mass is 10.1. The van der Waals surface area contributed by atoms with Gasteiger partial charge in [0.15, 0.2) is 0 Å². The van der Waals surface area contributed by atoms with Crippen LogP contribution < -0.4 is 5.32 Å². The Morgan fingerprint density at radius 3 is 2.59 bits per heavy atom. The fraction of sp³-hybridized carbons (Fsp3) is 0.385. The summed E-state index contributed by atoms with van der Waals surface area (Å²) in [4.78, 5) is 2.82. The maximum atomic E-state index is 3.58. The van der Waals surface area contributed by atoms with Gasteiger partial charge in [-0.15, -0.1) is 22.7 Å². The zero-order chi connectivity index (χ0) is 12.4. The minimum absolute atomic E-state index is 0.334. The zero-order valence-electron chi connectivity index (χ0n) is 10.2. The Bertz CT molecular complexity index is 501. The summed E-state index contributed by atoms with van der Waals surface area (Å²) in [6, 6.07) is 4.82. The number of hydrogen-bond acceptors (Lipinski definition) is 3. The van der Waals surface area contributed by atoms with Crippen LogP contribution in [0, 0.1) is 13.8 Å². The maximum absolute atomic E-state index is 3.58. The highest BCUT2D eigenvalue weighted by Crippen LogP contribution is 2.34. The summed E-state index contributed by atoms with van der Waals surface area (Å²) >= 11 is 7.18. The molecule has 2 heterocycles. The standard InChI is InChI=1S/C13H16BrNS2/c1-4-15-12(10-6-11(14)16-7-10)13-8(2)5-9(3)17-13/h5-7,12,15H,4H2,1-3H3. The quantitative estimate of drug-likeness (QED) is 0.842. The van der Waals surface area contributed by atoms with Crippen LogP contribution in [0.1, 0.15) is 33.8 Å². The third-order valence-corrected chi connectivity index (χ3v) is 5.41. The van der Waals surface area contributed by atoms with Crippen LogP contribution in [0.4, 0.5) is 0 Å². The monoisotopic (exact) mass is 329 g/mol. The molecule has 2 rings (SSSR count). The molecule has 1 N–H and O–H groups in total. The van der Waals surface area contributed by atoms with Crippen LogP contribution in [-0.4, -0.2) is 6.54 Å². The second kappa shape index (κ2) is 5.65. The average Bonchev–Trinajstić information content (AvgIpc) is 2.82. The number of hydrogen-bond donors (Lipinski definition) is 1. The van der Waals surface area contributed by atoms with Crippen molar-refractivity contribution >= 4 is 38.6 Å². The Kier molecular flexibility index (Phi) is 4.42. The molecule has 0 aromatic carbocycles. The molecule has 0 saturated carbocycles. The van der Waals surface area contributed by atoms with E-state index < -0.39 is 0 Å². The second-order valence-electron chi connectivity index (χ2n) is 4.08. The predicted octanol–water partition coefficient (Wildman–Crippen LogP) is 4.89. The first-order chi connectivity index (χ1) is 8.11. The van der Waals surface area contributed by atoms with Crippen LogP contribution in [0.15, 0.2) is 21.3 Å². The predicted molar refractivity (Wildman–Crippen MR) is 81.3 cm³/mol. The molecule has 0 radical (unpaired) electrons. The molecule has 0 spiro atoms. The van der Waals surface area contributed by atoms with Gasteiger partial charge in [-0.1, -0.05) is 6.92 Å². The summed E-state index contributed by atoms with van der Waals surface area (Å²) in [5.74, 6) is 0. The van der Waals surface area contributed by atoms with Crippen molar-refractivity contribution in [3.8, 4) is 0 Å². The minimum atomic E-state index is 0.334. The van der Waals surface area contributed by atoms with E-state index in [4.69, 9.17) is 0 Å². The van der Waals surface area contributed by atoms with Crippen molar-refractivity contribution in [1.82, 2.24) is 5.32 Å². The van der Waals surface area contributed by atoms with Gasteiger partial charge in [0.2, 0.25) is 0 Å². The largest absolute Gasteiger partial charge is 0.306 e. The highest BCUT2D eigenvalue weighted by molar-refractivity contribution is 9.11. The van der Waals surface area contributed by atoms with Gasteiger partial charge in [-0.05, 0) is 65.0 Å². The smallest absolute Gasteiger partial charge is 0.0701 e. The number of halogens is 1. The lowest BCUT2D eigenvalue weighted by molar-refractivity contribution is 0.639. The van der Waals surface area contributed by atoms with Crippen LogP contribution in [0.3, 0.4) is 0 Å². The van der Waals surface area contributed by atoms with Crippen LogP contribution in [0.5, 0.6) is 0 Å². The highest BCUT2D eigenvalue weighted by atomic mass is 79.9. The maximum Gasteiger partial charge on any atom is 0.0701 e. The molecule has 92 valence electrons. The Balaban J connectivity index is 2.38. The normalized spacial score (nSPS) is 12.9. The molecular formula is C13H16BrNS2. The van der Waals surface area contributed by atoms with Crippen molar-refractivity contribution < 1.29 is 0 Å². The fourth-order valence-corrected chi connectivity index (χ4v) is 4.33. The number of rotatable bonds is 4. The van der Waals surface area contributed by atoms with Crippen molar-refractivity contribution in [2.24, 2.45) is 0 Å². The molecule has 17 heavy (non-hydrogen) atoms. The first-order valence-corrected chi connectivity index (χ1v) is 8.15. The zero-order valence-corrected chi connectivity index (χ0v) is 13.4. The summed E-state index contributed by atoms with van der Waals surface area (Å²) in [5.41, 5.74) is 2.74. The highest BCUT2D eigenvalue weighted by Gasteiger charge is 2.18.